The molecule has 0 radical (unpaired) electrons. The molecule has 0 aliphatic heterocycles. The van der Waals surface area contributed by atoms with Crippen LogP contribution in [0.25, 0.3) is 27.6 Å². The summed E-state index contributed by atoms with van der Waals surface area (Å²) in [5.41, 5.74) is 1.32. The number of hydrogen-bond acceptors (Lipinski definition) is 0. The largest absolute Gasteiger partial charge is 0.0839 e. The minimum Gasteiger partial charge on any atom is -0.0839 e. The van der Waals surface area contributed by atoms with Crippen LogP contribution in [0, 0.1) is 0 Å². The molecule has 0 unspecified atom stereocenters. The van der Waals surface area contributed by atoms with Crippen LogP contribution in [-0.2, 0) is 0 Å². The van der Waals surface area contributed by atoms with E-state index in [1.165, 1.54) is 33.5 Å². The summed E-state index contributed by atoms with van der Waals surface area (Å²) in [7, 11) is 0. The van der Waals surface area contributed by atoms with E-state index >= 15 is 0 Å². The maximum absolute atomic E-state index is 2.30. The Morgan fingerprint density at radius 1 is 0.842 bits per heavy atom. The average Bonchev–Trinajstić information content (AvgIpc) is 2.46. The minimum atomic E-state index is 1.14. The smallest absolute Gasteiger partial charge is 0.0105 e. The first-order valence-corrected chi connectivity index (χ1v) is 6.96. The fraction of sp³-hybridized carbons (Fsp3) is 0.158. The lowest BCUT2D eigenvalue weighted by atomic mass is 9.99. The molecule has 0 aliphatic carbocycles. The van der Waals surface area contributed by atoms with E-state index in [2.05, 4.69) is 73.7 Å². The molecule has 0 atom stereocenters. The predicted octanol–water partition coefficient (Wildman–Crippen LogP) is 5.81. The first kappa shape index (κ1) is 12.0. The van der Waals surface area contributed by atoms with E-state index in [0.717, 1.165) is 6.42 Å². The maximum Gasteiger partial charge on any atom is -0.0105 e. The van der Waals surface area contributed by atoms with Crippen molar-refractivity contribution in [3.63, 3.8) is 0 Å². The second kappa shape index (κ2) is 5.27. The third kappa shape index (κ3) is 2.39. The highest BCUT2D eigenvalue weighted by molar-refractivity contribution is 6.01. The Morgan fingerprint density at radius 2 is 1.58 bits per heavy atom. The van der Waals surface area contributed by atoms with Crippen molar-refractivity contribution in [1.29, 1.82) is 0 Å². The van der Waals surface area contributed by atoms with E-state index in [0.29, 0.717) is 0 Å². The lowest BCUT2D eigenvalue weighted by molar-refractivity contribution is 0.962. The summed E-state index contributed by atoms with van der Waals surface area (Å²) in [6, 6.07) is 19.7. The molecule has 3 aromatic carbocycles. The Kier molecular flexibility index (Phi) is 3.33. The molecule has 0 N–H and O–H groups in total. The Labute approximate surface area is 114 Å². The summed E-state index contributed by atoms with van der Waals surface area (Å²) in [5, 5.41) is 5.28. The van der Waals surface area contributed by atoms with Crippen LogP contribution >= 0.6 is 0 Å². The van der Waals surface area contributed by atoms with Gasteiger partial charge >= 0.3 is 0 Å². The van der Waals surface area contributed by atoms with Crippen LogP contribution < -0.4 is 0 Å². The monoisotopic (exact) mass is 246 g/mol. The van der Waals surface area contributed by atoms with Gasteiger partial charge in [0, 0.05) is 0 Å². The zero-order valence-electron chi connectivity index (χ0n) is 11.3. The second-order valence-corrected chi connectivity index (χ2v) is 4.96. The van der Waals surface area contributed by atoms with Gasteiger partial charge in [0.25, 0.3) is 0 Å². The highest BCUT2D eigenvalue weighted by Gasteiger charge is 2.00. The quantitative estimate of drug-likeness (QED) is 0.512. The van der Waals surface area contributed by atoms with Crippen molar-refractivity contribution in [3.8, 4) is 0 Å². The minimum absolute atomic E-state index is 1.14. The molecule has 0 nitrogen and oxygen atoms in total. The number of allylic oxidation sites excluding steroid dienone is 1. The van der Waals surface area contributed by atoms with E-state index in [1.54, 1.807) is 0 Å². The molecule has 3 rings (SSSR count). The predicted molar refractivity (Wildman–Crippen MR) is 85.4 cm³/mol. The molecule has 0 heterocycles. The topological polar surface area (TPSA) is 0 Å². The van der Waals surface area contributed by atoms with Crippen LogP contribution in [0.3, 0.4) is 0 Å². The standard InChI is InChI=1S/C19H18/c1-2-3-4-8-15-11-7-12-18-13-16-9-5-6-10-17(16)14-19(15)18/h4-14H,2-3H2,1H3/b8-4+. The van der Waals surface area contributed by atoms with E-state index in [1.807, 2.05) is 0 Å². The third-order valence-electron chi connectivity index (χ3n) is 3.53. The number of fused-ring (bicyclic) bond motifs is 2. The molecular formula is C19H18. The fourth-order valence-electron chi connectivity index (χ4n) is 2.51. The van der Waals surface area contributed by atoms with Crippen molar-refractivity contribution >= 4 is 27.6 Å². The Bertz CT molecular complexity index is 735. The molecule has 0 spiro atoms. The van der Waals surface area contributed by atoms with Gasteiger partial charge in [0.2, 0.25) is 0 Å². The highest BCUT2D eigenvalue weighted by atomic mass is 14.0. The van der Waals surface area contributed by atoms with Gasteiger partial charge in [-0.2, -0.15) is 0 Å². The molecule has 94 valence electrons. The first-order chi connectivity index (χ1) is 9.38. The molecule has 19 heavy (non-hydrogen) atoms. The zero-order chi connectivity index (χ0) is 13.1. The molecule has 0 fully saturated rings. The van der Waals surface area contributed by atoms with E-state index in [-0.39, 0.29) is 0 Å². The highest BCUT2D eigenvalue weighted by Crippen LogP contribution is 2.26. The van der Waals surface area contributed by atoms with Gasteiger partial charge in [-0.3, -0.25) is 0 Å². The number of hydrogen-bond donors (Lipinski definition) is 0. The molecule has 0 bridgehead atoms. The van der Waals surface area contributed by atoms with Gasteiger partial charge in [-0.25, -0.2) is 0 Å². The molecular weight excluding hydrogens is 228 g/mol. The third-order valence-corrected chi connectivity index (χ3v) is 3.53. The number of rotatable bonds is 3. The Hall–Kier alpha value is -2.08. The van der Waals surface area contributed by atoms with Crippen molar-refractivity contribution in [1.82, 2.24) is 0 Å². The number of unbranched alkanes of at least 4 members (excludes halogenated alkanes) is 1. The summed E-state index contributed by atoms with van der Waals surface area (Å²) in [4.78, 5) is 0. The van der Waals surface area contributed by atoms with Gasteiger partial charge in [-0.15, -0.1) is 0 Å². The van der Waals surface area contributed by atoms with Crippen LogP contribution in [0.15, 0.2) is 60.7 Å². The van der Waals surface area contributed by atoms with E-state index in [4.69, 9.17) is 0 Å². The zero-order valence-corrected chi connectivity index (χ0v) is 11.3. The van der Waals surface area contributed by atoms with Crippen LogP contribution in [0.5, 0.6) is 0 Å². The molecule has 0 saturated carbocycles. The summed E-state index contributed by atoms with van der Waals surface area (Å²) in [6.45, 7) is 2.21. The van der Waals surface area contributed by atoms with Crippen molar-refractivity contribution in [3.05, 3.63) is 66.2 Å². The molecule has 0 heteroatoms. The van der Waals surface area contributed by atoms with Crippen molar-refractivity contribution in [2.45, 2.75) is 19.8 Å². The fourth-order valence-corrected chi connectivity index (χ4v) is 2.51. The van der Waals surface area contributed by atoms with Gasteiger partial charge in [-0.05, 0) is 45.7 Å². The molecule has 0 amide bonds. The summed E-state index contributed by atoms with van der Waals surface area (Å²) < 4.78 is 0. The molecule has 0 aromatic heterocycles. The number of benzene rings is 3. The van der Waals surface area contributed by atoms with Crippen molar-refractivity contribution in [2.24, 2.45) is 0 Å². The van der Waals surface area contributed by atoms with Crippen LogP contribution in [0.1, 0.15) is 25.3 Å². The maximum atomic E-state index is 2.30. The second-order valence-electron chi connectivity index (χ2n) is 4.96. The van der Waals surface area contributed by atoms with Crippen LogP contribution in [-0.4, -0.2) is 0 Å². The van der Waals surface area contributed by atoms with Crippen LogP contribution in [0.2, 0.25) is 0 Å². The van der Waals surface area contributed by atoms with Gasteiger partial charge in [0.15, 0.2) is 0 Å². The SMILES string of the molecule is CCC/C=C/c1cccc2cc3ccccc3cc12. The lowest BCUT2D eigenvalue weighted by Crippen LogP contribution is -1.80. The van der Waals surface area contributed by atoms with Crippen molar-refractivity contribution in [2.75, 3.05) is 0 Å². The molecule has 0 aliphatic rings. The lowest BCUT2D eigenvalue weighted by Gasteiger charge is -2.05. The summed E-state index contributed by atoms with van der Waals surface area (Å²) in [5.74, 6) is 0. The van der Waals surface area contributed by atoms with Crippen molar-refractivity contribution < 1.29 is 0 Å². The summed E-state index contributed by atoms with van der Waals surface area (Å²) >= 11 is 0. The van der Waals surface area contributed by atoms with E-state index < -0.39 is 0 Å². The first-order valence-electron chi connectivity index (χ1n) is 6.96. The van der Waals surface area contributed by atoms with Gasteiger partial charge in [-0.1, -0.05) is 68.0 Å². The van der Waals surface area contributed by atoms with Gasteiger partial charge < -0.3 is 0 Å². The average molecular weight is 246 g/mol. The Balaban J connectivity index is 2.20. The van der Waals surface area contributed by atoms with Gasteiger partial charge in [0.05, 0.1) is 0 Å². The summed E-state index contributed by atoms with van der Waals surface area (Å²) in [6.07, 6.45) is 6.86. The van der Waals surface area contributed by atoms with Gasteiger partial charge in [0.1, 0.15) is 0 Å². The van der Waals surface area contributed by atoms with Crippen LogP contribution in [0.4, 0.5) is 0 Å². The Morgan fingerprint density at radius 3 is 2.37 bits per heavy atom. The van der Waals surface area contributed by atoms with E-state index in [9.17, 15) is 0 Å². The normalized spacial score (nSPS) is 11.6. The molecule has 0 saturated heterocycles. The molecule has 3 aromatic rings.